The first-order valence-electron chi connectivity index (χ1n) is 8.59. The fraction of sp³-hybridized carbons (Fsp3) is 0.333. The highest BCUT2D eigenvalue weighted by Crippen LogP contribution is 2.49. The van der Waals surface area contributed by atoms with E-state index in [1.165, 1.54) is 7.11 Å². The summed E-state index contributed by atoms with van der Waals surface area (Å²) in [4.78, 5) is 25.1. The van der Waals surface area contributed by atoms with Gasteiger partial charge < -0.3 is 19.2 Å². The van der Waals surface area contributed by atoms with Crippen LogP contribution in [0.4, 0.5) is 5.69 Å². The van der Waals surface area contributed by atoms with E-state index in [4.69, 9.17) is 9.47 Å². The highest BCUT2D eigenvalue weighted by atomic mass is 16.5. The van der Waals surface area contributed by atoms with Crippen molar-refractivity contribution in [2.24, 2.45) is 5.92 Å². The van der Waals surface area contributed by atoms with Crippen LogP contribution in [0, 0.1) is 5.92 Å². The zero-order valence-electron chi connectivity index (χ0n) is 15.3. The van der Waals surface area contributed by atoms with Crippen LogP contribution in [0.5, 0.6) is 5.75 Å². The molecule has 2 atom stereocenters. The first-order valence-corrected chi connectivity index (χ1v) is 8.59. The molecule has 2 aromatic rings. The largest absolute Gasteiger partial charge is 0.497 e. The van der Waals surface area contributed by atoms with Crippen LogP contribution >= 0.6 is 0 Å². The van der Waals surface area contributed by atoms with Gasteiger partial charge in [0.1, 0.15) is 12.0 Å². The monoisotopic (exact) mass is 353 g/mol. The molecule has 0 bridgehead atoms. The molecule has 0 amide bonds. The van der Waals surface area contributed by atoms with Gasteiger partial charge in [0.15, 0.2) is 0 Å². The summed E-state index contributed by atoms with van der Waals surface area (Å²) in [5.74, 6) is 0.759. The summed E-state index contributed by atoms with van der Waals surface area (Å²) in [6.07, 6.45) is 1.89. The summed E-state index contributed by atoms with van der Waals surface area (Å²) in [5.41, 5.74) is 3.70. The van der Waals surface area contributed by atoms with Crippen molar-refractivity contribution in [3.8, 4) is 5.75 Å². The Hall–Kier alpha value is -2.82. The number of aldehydes is 1. The maximum atomic E-state index is 11.9. The predicted molar refractivity (Wildman–Crippen MR) is 99.8 cm³/mol. The summed E-state index contributed by atoms with van der Waals surface area (Å²) < 4.78 is 10.0. The van der Waals surface area contributed by atoms with Gasteiger partial charge in [0.2, 0.25) is 0 Å². The molecular weight excluding hydrogens is 330 g/mol. The van der Waals surface area contributed by atoms with Gasteiger partial charge in [-0.2, -0.15) is 0 Å². The minimum atomic E-state index is -0.363. The molecular formula is C21H23NO4. The highest BCUT2D eigenvalue weighted by molar-refractivity contribution is 5.91. The minimum Gasteiger partial charge on any atom is -0.497 e. The second-order valence-electron chi connectivity index (χ2n) is 6.61. The van der Waals surface area contributed by atoms with Crippen molar-refractivity contribution < 1.29 is 19.1 Å². The molecule has 1 aliphatic carbocycles. The number of esters is 1. The molecule has 2 aromatic carbocycles. The third kappa shape index (κ3) is 3.72. The van der Waals surface area contributed by atoms with Crippen molar-refractivity contribution in [2.45, 2.75) is 18.9 Å². The molecule has 3 rings (SSSR count). The molecule has 0 N–H and O–H groups in total. The van der Waals surface area contributed by atoms with E-state index in [9.17, 15) is 9.59 Å². The van der Waals surface area contributed by atoms with Gasteiger partial charge in [0.25, 0.3) is 0 Å². The number of nitrogens with zero attached hydrogens (tertiary/aromatic N) is 1. The predicted octanol–water partition coefficient (Wildman–Crippen LogP) is 3.42. The van der Waals surface area contributed by atoms with Crippen LogP contribution in [0.3, 0.4) is 0 Å². The van der Waals surface area contributed by atoms with Crippen LogP contribution in [-0.4, -0.2) is 33.5 Å². The third-order valence-corrected chi connectivity index (χ3v) is 4.86. The van der Waals surface area contributed by atoms with Crippen LogP contribution < -0.4 is 9.64 Å². The maximum absolute atomic E-state index is 11.9. The molecule has 26 heavy (non-hydrogen) atoms. The van der Waals surface area contributed by atoms with Crippen LogP contribution in [0.15, 0.2) is 42.5 Å². The van der Waals surface area contributed by atoms with E-state index in [2.05, 4.69) is 4.90 Å². The Labute approximate surface area is 153 Å². The molecule has 1 saturated carbocycles. The van der Waals surface area contributed by atoms with E-state index in [1.54, 1.807) is 13.2 Å². The third-order valence-electron chi connectivity index (χ3n) is 4.86. The normalized spacial score (nSPS) is 18.1. The van der Waals surface area contributed by atoms with E-state index in [0.717, 1.165) is 35.3 Å². The lowest BCUT2D eigenvalue weighted by Crippen LogP contribution is -2.19. The number of hydrogen-bond acceptors (Lipinski definition) is 5. The number of anilines is 1. The van der Waals surface area contributed by atoms with Crippen LogP contribution in [0.1, 0.15) is 33.8 Å². The summed E-state index contributed by atoms with van der Waals surface area (Å²) in [5, 5.41) is 0. The zero-order chi connectivity index (χ0) is 18.7. The summed E-state index contributed by atoms with van der Waals surface area (Å²) in [6, 6.07) is 13.5. The molecule has 0 saturated heterocycles. The second-order valence-corrected chi connectivity index (χ2v) is 6.61. The Morgan fingerprint density at radius 2 is 1.92 bits per heavy atom. The molecule has 0 heterocycles. The summed E-state index contributed by atoms with van der Waals surface area (Å²) in [6.45, 7) is 0.681. The Morgan fingerprint density at radius 1 is 1.19 bits per heavy atom. The molecule has 0 spiro atoms. The number of rotatable bonds is 7. The Balaban J connectivity index is 1.88. The topological polar surface area (TPSA) is 55.8 Å². The molecule has 1 fully saturated rings. The van der Waals surface area contributed by atoms with Gasteiger partial charge in [0, 0.05) is 25.2 Å². The van der Waals surface area contributed by atoms with Crippen molar-refractivity contribution in [1.82, 2.24) is 0 Å². The van der Waals surface area contributed by atoms with Crippen LogP contribution in [-0.2, 0) is 16.1 Å². The number of ether oxygens (including phenoxy) is 2. The molecule has 5 heteroatoms. The molecule has 1 aliphatic rings. The Bertz CT molecular complexity index is 800. The molecule has 0 radical (unpaired) electrons. The fourth-order valence-corrected chi connectivity index (χ4v) is 3.25. The maximum Gasteiger partial charge on any atom is 0.337 e. The summed E-state index contributed by atoms with van der Waals surface area (Å²) in [7, 11) is 5.01. The SMILES string of the molecule is COC(=O)c1ccc(C2CC2C=O)c(N(C)Cc2ccc(OC)cc2)c1. The lowest BCUT2D eigenvalue weighted by Gasteiger charge is -2.23. The average molecular weight is 353 g/mol. The van der Waals surface area contributed by atoms with Crippen LogP contribution in [0.25, 0.3) is 0 Å². The van der Waals surface area contributed by atoms with Gasteiger partial charge in [-0.05, 0) is 47.7 Å². The van der Waals surface area contributed by atoms with Gasteiger partial charge in [-0.25, -0.2) is 4.79 Å². The quantitative estimate of drug-likeness (QED) is 0.564. The van der Waals surface area contributed by atoms with Gasteiger partial charge in [-0.15, -0.1) is 0 Å². The molecule has 2 unspecified atom stereocenters. The van der Waals surface area contributed by atoms with Crippen molar-refractivity contribution in [3.63, 3.8) is 0 Å². The van der Waals surface area contributed by atoms with Gasteiger partial charge >= 0.3 is 5.97 Å². The van der Waals surface area contributed by atoms with E-state index in [0.29, 0.717) is 12.1 Å². The number of carbonyl (C=O) groups is 2. The first-order chi connectivity index (χ1) is 12.6. The average Bonchev–Trinajstić information content (AvgIpc) is 3.47. The van der Waals surface area contributed by atoms with E-state index < -0.39 is 0 Å². The first kappa shape index (κ1) is 18.0. The second kappa shape index (κ2) is 7.60. The molecule has 136 valence electrons. The Kier molecular flexibility index (Phi) is 5.26. The molecule has 0 aromatic heterocycles. The number of benzene rings is 2. The van der Waals surface area contributed by atoms with Gasteiger partial charge in [-0.3, -0.25) is 0 Å². The number of methoxy groups -OCH3 is 2. The lowest BCUT2D eigenvalue weighted by molar-refractivity contribution is -0.108. The highest BCUT2D eigenvalue weighted by Gasteiger charge is 2.40. The Morgan fingerprint density at radius 3 is 2.50 bits per heavy atom. The number of hydrogen-bond donors (Lipinski definition) is 0. The molecule has 5 nitrogen and oxygen atoms in total. The standard InChI is InChI=1S/C21H23NO4/c1-22(12-14-4-7-17(25-2)8-5-14)20-11-15(21(24)26-3)6-9-18(20)19-10-16(19)13-23/h4-9,11,13,16,19H,10,12H2,1-3H3. The van der Waals surface area contributed by atoms with Gasteiger partial charge in [0.05, 0.1) is 19.8 Å². The van der Waals surface area contributed by atoms with Gasteiger partial charge in [-0.1, -0.05) is 18.2 Å². The zero-order valence-corrected chi connectivity index (χ0v) is 15.3. The smallest absolute Gasteiger partial charge is 0.337 e. The minimum absolute atomic E-state index is 0.0760. The fourth-order valence-electron chi connectivity index (χ4n) is 3.25. The van der Waals surface area contributed by atoms with E-state index in [-0.39, 0.29) is 17.8 Å². The lowest BCUT2D eigenvalue weighted by atomic mass is 10.0. The van der Waals surface area contributed by atoms with Crippen molar-refractivity contribution in [3.05, 3.63) is 59.2 Å². The van der Waals surface area contributed by atoms with E-state index >= 15 is 0 Å². The number of carbonyl (C=O) groups excluding carboxylic acids is 2. The van der Waals surface area contributed by atoms with Crippen molar-refractivity contribution in [2.75, 3.05) is 26.2 Å². The molecule has 0 aliphatic heterocycles. The van der Waals surface area contributed by atoms with E-state index in [1.807, 2.05) is 43.4 Å². The summed E-state index contributed by atoms with van der Waals surface area (Å²) >= 11 is 0. The van der Waals surface area contributed by atoms with Crippen LogP contribution in [0.2, 0.25) is 0 Å². The van der Waals surface area contributed by atoms with Crippen molar-refractivity contribution >= 4 is 17.9 Å². The van der Waals surface area contributed by atoms with Crippen molar-refractivity contribution in [1.29, 1.82) is 0 Å².